The van der Waals surface area contributed by atoms with Crippen molar-refractivity contribution in [2.75, 3.05) is 0 Å². The molecule has 5 rings (SSSR count). The second kappa shape index (κ2) is 6.36. The number of pyridine rings is 1. The summed E-state index contributed by atoms with van der Waals surface area (Å²) < 4.78 is 7.67. The summed E-state index contributed by atoms with van der Waals surface area (Å²) in [7, 11) is 0. The van der Waals surface area contributed by atoms with Crippen LogP contribution in [-0.2, 0) is 0 Å². The Labute approximate surface area is 162 Å². The highest BCUT2D eigenvalue weighted by Gasteiger charge is 2.27. The van der Waals surface area contributed by atoms with E-state index in [4.69, 9.17) is 15.8 Å². The number of imidazole rings is 1. The number of terminal acetylenes is 1. The van der Waals surface area contributed by atoms with Crippen LogP contribution in [0.5, 0.6) is 0 Å². The van der Waals surface area contributed by atoms with E-state index in [0.717, 1.165) is 45.4 Å². The summed E-state index contributed by atoms with van der Waals surface area (Å²) in [4.78, 5) is 14.2. The van der Waals surface area contributed by atoms with E-state index in [2.05, 4.69) is 27.4 Å². The van der Waals surface area contributed by atoms with E-state index in [9.17, 15) is 0 Å². The molecule has 0 amide bonds. The molecule has 0 aliphatic carbocycles. The zero-order valence-corrected chi connectivity index (χ0v) is 15.2. The number of nitrogens with zero attached hydrogens (tertiary/aromatic N) is 4. The largest absolute Gasteiger partial charge is 0.463 e. The maximum atomic E-state index is 5.66. The van der Waals surface area contributed by atoms with Crippen LogP contribution in [0.25, 0.3) is 17.1 Å². The fourth-order valence-electron chi connectivity index (χ4n) is 3.61. The first-order chi connectivity index (χ1) is 13.8. The first-order valence-corrected chi connectivity index (χ1v) is 8.98. The van der Waals surface area contributed by atoms with Crippen molar-refractivity contribution in [3.63, 3.8) is 0 Å². The van der Waals surface area contributed by atoms with E-state index in [-0.39, 0.29) is 6.04 Å². The van der Waals surface area contributed by atoms with Crippen LogP contribution in [0.4, 0.5) is 0 Å². The molecular formula is C23H16N4O. The Morgan fingerprint density at radius 2 is 2.04 bits per heavy atom. The molecule has 0 unspecified atom stereocenters. The van der Waals surface area contributed by atoms with Gasteiger partial charge in [0.2, 0.25) is 0 Å². The molecule has 4 heterocycles. The number of aromatic nitrogens is 3. The maximum Gasteiger partial charge on any atom is 0.154 e. The van der Waals surface area contributed by atoms with Gasteiger partial charge in [-0.3, -0.25) is 14.5 Å². The Morgan fingerprint density at radius 1 is 1.11 bits per heavy atom. The monoisotopic (exact) mass is 364 g/mol. The van der Waals surface area contributed by atoms with E-state index in [1.807, 2.05) is 54.9 Å². The number of aliphatic imine (C=N–C) groups is 1. The summed E-state index contributed by atoms with van der Waals surface area (Å²) in [5.41, 5.74) is 6.07. The molecule has 0 fully saturated rings. The van der Waals surface area contributed by atoms with Crippen molar-refractivity contribution in [3.8, 4) is 29.5 Å². The molecule has 1 aliphatic heterocycles. The second-order valence-corrected chi connectivity index (χ2v) is 6.57. The number of furan rings is 1. The van der Waals surface area contributed by atoms with Gasteiger partial charge in [0.05, 0.1) is 35.1 Å². The third-order valence-electron chi connectivity index (χ3n) is 4.86. The van der Waals surface area contributed by atoms with Gasteiger partial charge in [-0.1, -0.05) is 12.0 Å². The summed E-state index contributed by atoms with van der Waals surface area (Å²) >= 11 is 0. The fraction of sp³-hybridized carbons (Fsp3) is 0.0870. The Kier molecular flexibility index (Phi) is 3.70. The molecule has 5 nitrogen and oxygen atoms in total. The number of rotatable bonds is 2. The predicted molar refractivity (Wildman–Crippen MR) is 107 cm³/mol. The average molecular weight is 364 g/mol. The van der Waals surface area contributed by atoms with Gasteiger partial charge in [-0.05, 0) is 49.4 Å². The minimum atomic E-state index is -0.152. The van der Waals surface area contributed by atoms with Crippen molar-refractivity contribution in [3.05, 3.63) is 89.8 Å². The molecule has 0 spiro atoms. The molecule has 4 aromatic rings. The summed E-state index contributed by atoms with van der Waals surface area (Å²) in [5.74, 6) is 3.44. The van der Waals surface area contributed by atoms with Crippen LogP contribution in [0.15, 0.2) is 76.7 Å². The summed E-state index contributed by atoms with van der Waals surface area (Å²) in [5, 5.41) is 0. The van der Waals surface area contributed by atoms with Gasteiger partial charge in [-0.15, -0.1) is 6.42 Å². The van der Waals surface area contributed by atoms with Gasteiger partial charge in [0.1, 0.15) is 12.0 Å². The summed E-state index contributed by atoms with van der Waals surface area (Å²) in [6.07, 6.45) is 10.9. The van der Waals surface area contributed by atoms with Crippen LogP contribution in [0.3, 0.4) is 0 Å². The van der Waals surface area contributed by atoms with E-state index in [1.165, 1.54) is 0 Å². The highest BCUT2D eigenvalue weighted by atomic mass is 16.3. The molecule has 0 bridgehead atoms. The highest BCUT2D eigenvalue weighted by molar-refractivity contribution is 6.14. The number of hydrogen-bond acceptors (Lipinski definition) is 4. The van der Waals surface area contributed by atoms with Crippen molar-refractivity contribution < 1.29 is 4.42 Å². The lowest BCUT2D eigenvalue weighted by Gasteiger charge is -2.12. The van der Waals surface area contributed by atoms with Crippen LogP contribution in [0.1, 0.15) is 35.5 Å². The first kappa shape index (κ1) is 16.3. The second-order valence-electron chi connectivity index (χ2n) is 6.57. The lowest BCUT2D eigenvalue weighted by atomic mass is 10.0. The van der Waals surface area contributed by atoms with Crippen LogP contribution in [-0.4, -0.2) is 20.2 Å². The lowest BCUT2D eigenvalue weighted by molar-refractivity contribution is 0.578. The van der Waals surface area contributed by atoms with Gasteiger partial charge in [-0.25, -0.2) is 4.98 Å². The zero-order valence-electron chi connectivity index (χ0n) is 15.2. The molecular weight excluding hydrogens is 348 g/mol. The minimum Gasteiger partial charge on any atom is -0.463 e. The maximum absolute atomic E-state index is 5.66. The van der Waals surface area contributed by atoms with E-state index in [1.54, 1.807) is 12.5 Å². The van der Waals surface area contributed by atoms with Crippen molar-refractivity contribution in [2.24, 2.45) is 4.99 Å². The van der Waals surface area contributed by atoms with Gasteiger partial charge in [0.15, 0.2) is 5.76 Å². The number of fused-ring (bicyclic) bond motifs is 3. The van der Waals surface area contributed by atoms with Crippen molar-refractivity contribution in [2.45, 2.75) is 13.0 Å². The molecule has 0 saturated heterocycles. The molecule has 3 aromatic heterocycles. The number of hydrogen-bond donors (Lipinski definition) is 0. The molecule has 1 aliphatic rings. The fourth-order valence-corrected chi connectivity index (χ4v) is 3.61. The van der Waals surface area contributed by atoms with Crippen LogP contribution >= 0.6 is 0 Å². The molecule has 0 N–H and O–H groups in total. The SMILES string of the molecule is C#Cc1ccc2c(c1)C(c1ccccn1)=N[C@@H](C)c1c(-c3ccco3)ncn1-2. The Balaban J connectivity index is 1.81. The van der Waals surface area contributed by atoms with Crippen LogP contribution in [0, 0.1) is 12.3 Å². The van der Waals surface area contributed by atoms with Gasteiger partial charge in [0.25, 0.3) is 0 Å². The third-order valence-corrected chi connectivity index (χ3v) is 4.86. The Hall–Kier alpha value is -3.91. The van der Waals surface area contributed by atoms with Crippen molar-refractivity contribution in [1.29, 1.82) is 0 Å². The van der Waals surface area contributed by atoms with Crippen LogP contribution < -0.4 is 0 Å². The smallest absolute Gasteiger partial charge is 0.154 e. The quantitative estimate of drug-likeness (QED) is 0.495. The normalized spacial score (nSPS) is 15.1. The van der Waals surface area contributed by atoms with Crippen LogP contribution in [0.2, 0.25) is 0 Å². The Bertz CT molecular complexity index is 1230. The molecule has 1 aromatic carbocycles. The standard InChI is InChI=1S/C23H16N4O/c1-3-16-9-10-19-17(13-16)21(18-7-4-5-11-24-18)26-15(2)23-22(25-14-27(19)23)20-8-6-12-28-20/h1,4-15H,2H3/t15-/m0/s1. The molecule has 0 radical (unpaired) electrons. The highest BCUT2D eigenvalue weighted by Crippen LogP contribution is 2.36. The summed E-state index contributed by atoms with van der Waals surface area (Å²) in [6.45, 7) is 2.05. The molecule has 28 heavy (non-hydrogen) atoms. The van der Waals surface area contributed by atoms with Gasteiger partial charge in [0, 0.05) is 17.3 Å². The van der Waals surface area contributed by atoms with E-state index < -0.39 is 0 Å². The number of benzene rings is 1. The van der Waals surface area contributed by atoms with Gasteiger partial charge >= 0.3 is 0 Å². The van der Waals surface area contributed by atoms with Gasteiger partial charge in [-0.2, -0.15) is 0 Å². The van der Waals surface area contributed by atoms with E-state index >= 15 is 0 Å². The molecule has 0 saturated carbocycles. The zero-order chi connectivity index (χ0) is 19.1. The third kappa shape index (κ3) is 2.47. The first-order valence-electron chi connectivity index (χ1n) is 8.98. The van der Waals surface area contributed by atoms with Gasteiger partial charge < -0.3 is 4.42 Å². The van der Waals surface area contributed by atoms with Crippen molar-refractivity contribution >= 4 is 5.71 Å². The topological polar surface area (TPSA) is 56.2 Å². The molecule has 1 atom stereocenters. The van der Waals surface area contributed by atoms with E-state index in [0.29, 0.717) is 0 Å². The molecule has 5 heteroatoms. The predicted octanol–water partition coefficient (Wildman–Crippen LogP) is 4.42. The minimum absolute atomic E-state index is 0.152. The summed E-state index contributed by atoms with van der Waals surface area (Å²) in [6, 6.07) is 15.4. The van der Waals surface area contributed by atoms with Crippen molar-refractivity contribution in [1.82, 2.24) is 14.5 Å². The average Bonchev–Trinajstić information content (AvgIpc) is 3.39. The lowest BCUT2D eigenvalue weighted by Crippen LogP contribution is -2.09. The molecule has 134 valence electrons. The Morgan fingerprint density at radius 3 is 2.79 bits per heavy atom.